The minimum atomic E-state index is -4.95. The second-order valence-electron chi connectivity index (χ2n) is 9.53. The Morgan fingerprint density at radius 1 is 1.02 bits per heavy atom. The summed E-state index contributed by atoms with van der Waals surface area (Å²) in [6.45, 7) is -0.0962. The van der Waals surface area contributed by atoms with Gasteiger partial charge in [0.25, 0.3) is 5.91 Å². The van der Waals surface area contributed by atoms with Gasteiger partial charge in [0.2, 0.25) is 0 Å². The molecule has 1 aliphatic rings. The summed E-state index contributed by atoms with van der Waals surface area (Å²) in [6.07, 6.45) is -3.53. The van der Waals surface area contributed by atoms with Crippen LogP contribution in [0.2, 0.25) is 10.0 Å². The monoisotopic (exact) mass is 609 g/mol. The van der Waals surface area contributed by atoms with E-state index in [1.807, 2.05) is 0 Å². The average Bonchev–Trinajstić information content (AvgIpc) is 3.53. The van der Waals surface area contributed by atoms with Gasteiger partial charge in [-0.1, -0.05) is 29.3 Å². The minimum absolute atomic E-state index is 0.0899. The van der Waals surface area contributed by atoms with Crippen LogP contribution in [0.1, 0.15) is 35.4 Å². The fraction of sp³-hybridized carbons (Fsp3) is 0.346. The van der Waals surface area contributed by atoms with E-state index in [0.29, 0.717) is 34.9 Å². The van der Waals surface area contributed by atoms with Gasteiger partial charge in [0, 0.05) is 23.7 Å². The Hall–Kier alpha value is -3.68. The first-order chi connectivity index (χ1) is 19.5. The van der Waals surface area contributed by atoms with E-state index in [-0.39, 0.29) is 29.1 Å². The predicted molar refractivity (Wildman–Crippen MR) is 144 cm³/mol. The summed E-state index contributed by atoms with van der Waals surface area (Å²) in [5.41, 5.74) is 0.0586. The molecule has 0 bridgehead atoms. The fourth-order valence-electron chi connectivity index (χ4n) is 4.60. The van der Waals surface area contributed by atoms with Crippen molar-refractivity contribution in [3.8, 4) is 17.1 Å². The van der Waals surface area contributed by atoms with Crippen LogP contribution in [0.15, 0.2) is 53.6 Å². The van der Waals surface area contributed by atoms with E-state index >= 15 is 0 Å². The molecule has 1 fully saturated rings. The molecule has 2 aromatic heterocycles. The highest BCUT2D eigenvalue weighted by atomic mass is 35.5. The minimum Gasteiger partial charge on any atom is -0.382 e. The van der Waals surface area contributed by atoms with Crippen LogP contribution in [0.25, 0.3) is 17.1 Å². The number of aromatic nitrogens is 6. The quantitative estimate of drug-likeness (QED) is 0.336. The third-order valence-corrected chi connectivity index (χ3v) is 7.24. The Kier molecular flexibility index (Phi) is 8.20. The van der Waals surface area contributed by atoms with Gasteiger partial charge in [-0.25, -0.2) is 19.1 Å². The van der Waals surface area contributed by atoms with Gasteiger partial charge in [0.05, 0.1) is 22.8 Å². The lowest BCUT2D eigenvalue weighted by Crippen LogP contribution is -2.37. The van der Waals surface area contributed by atoms with Crippen LogP contribution in [0.5, 0.6) is 0 Å². The molecule has 2 aromatic carbocycles. The maximum Gasteiger partial charge on any atom is 0.416 e. The number of hydrogen-bond donors (Lipinski definition) is 1. The molecule has 216 valence electrons. The topological polar surface area (TPSA) is 111 Å². The van der Waals surface area contributed by atoms with Crippen molar-refractivity contribution < 1.29 is 23.1 Å². The Labute approximate surface area is 241 Å². The van der Waals surface area contributed by atoms with Gasteiger partial charge in [-0.3, -0.25) is 9.36 Å². The molecule has 1 N–H and O–H groups in total. The molecule has 15 heteroatoms. The summed E-state index contributed by atoms with van der Waals surface area (Å²) in [7, 11) is 0. The van der Waals surface area contributed by atoms with Crippen molar-refractivity contribution >= 4 is 29.1 Å². The number of halogens is 5. The highest BCUT2D eigenvalue weighted by Gasteiger charge is 2.39. The standard InChI is InChI=1S/C26H24Cl2F3N7O3/c27-17-9-7-16(8-10-17)23-34-37(25(41)36(23)13-20(39)26(29,30)31)14-21-32-15-38(33-21)22-18(5-4-6-19(22)28)24(40)35-11-2-1-3-12-35/h4-10,15,20,39H,1-3,11-14H2/t20-/m1/s1. The summed E-state index contributed by atoms with van der Waals surface area (Å²) in [5.74, 6) is -0.202. The molecule has 1 amide bonds. The first-order valence-electron chi connectivity index (χ1n) is 12.7. The van der Waals surface area contributed by atoms with Crippen molar-refractivity contribution in [2.24, 2.45) is 0 Å². The molecule has 0 radical (unpaired) electrons. The smallest absolute Gasteiger partial charge is 0.382 e. The molecule has 1 aliphatic heterocycles. The number of piperidine rings is 1. The van der Waals surface area contributed by atoms with E-state index in [2.05, 4.69) is 15.2 Å². The number of hydrogen-bond acceptors (Lipinski definition) is 6. The van der Waals surface area contributed by atoms with Crippen LogP contribution < -0.4 is 5.69 Å². The van der Waals surface area contributed by atoms with Gasteiger partial charge in [-0.15, -0.1) is 10.2 Å². The van der Waals surface area contributed by atoms with Crippen LogP contribution >= 0.6 is 23.2 Å². The largest absolute Gasteiger partial charge is 0.416 e. The molecule has 1 atom stereocenters. The Bertz CT molecular complexity index is 1610. The zero-order chi connectivity index (χ0) is 29.3. The van der Waals surface area contributed by atoms with E-state index in [4.69, 9.17) is 23.2 Å². The van der Waals surface area contributed by atoms with Crippen molar-refractivity contribution in [3.63, 3.8) is 0 Å². The molecule has 41 heavy (non-hydrogen) atoms. The second kappa shape index (κ2) is 11.7. The van der Waals surface area contributed by atoms with Crippen molar-refractivity contribution in [2.45, 2.75) is 44.6 Å². The maximum absolute atomic E-state index is 13.3. The van der Waals surface area contributed by atoms with E-state index in [9.17, 15) is 27.9 Å². The number of aliphatic hydroxyl groups is 1. The number of carbonyl (C=O) groups excluding carboxylic acids is 1. The van der Waals surface area contributed by atoms with E-state index in [1.54, 1.807) is 23.1 Å². The first-order valence-corrected chi connectivity index (χ1v) is 13.5. The predicted octanol–water partition coefficient (Wildman–Crippen LogP) is 4.20. The van der Waals surface area contributed by atoms with Crippen LogP contribution in [0.4, 0.5) is 13.2 Å². The van der Waals surface area contributed by atoms with Crippen LogP contribution in [-0.2, 0) is 13.1 Å². The third-order valence-electron chi connectivity index (χ3n) is 6.68. The zero-order valence-electron chi connectivity index (χ0n) is 21.4. The number of benzene rings is 2. The number of carbonyl (C=O) groups is 1. The summed E-state index contributed by atoms with van der Waals surface area (Å²) < 4.78 is 42.4. The molecule has 5 rings (SSSR count). The molecule has 1 saturated heterocycles. The Morgan fingerprint density at radius 2 is 1.73 bits per heavy atom. The van der Waals surface area contributed by atoms with Crippen molar-refractivity contribution in [2.75, 3.05) is 13.1 Å². The Morgan fingerprint density at radius 3 is 2.41 bits per heavy atom. The lowest BCUT2D eigenvalue weighted by atomic mass is 10.1. The highest BCUT2D eigenvalue weighted by Crippen LogP contribution is 2.27. The summed E-state index contributed by atoms with van der Waals surface area (Å²) in [4.78, 5) is 32.4. The molecule has 0 saturated carbocycles. The molecule has 3 heterocycles. The van der Waals surface area contributed by atoms with Crippen LogP contribution in [-0.4, -0.2) is 70.4 Å². The van der Waals surface area contributed by atoms with Crippen molar-refractivity contribution in [1.29, 1.82) is 0 Å². The molecule has 0 spiro atoms. The van der Waals surface area contributed by atoms with Gasteiger partial charge in [-0.2, -0.15) is 13.2 Å². The lowest BCUT2D eigenvalue weighted by molar-refractivity contribution is -0.207. The zero-order valence-corrected chi connectivity index (χ0v) is 22.9. The van der Waals surface area contributed by atoms with Gasteiger partial charge < -0.3 is 10.0 Å². The van der Waals surface area contributed by atoms with Gasteiger partial charge in [-0.05, 0) is 55.7 Å². The molecule has 0 unspecified atom stereocenters. The maximum atomic E-state index is 13.3. The molecule has 10 nitrogen and oxygen atoms in total. The average molecular weight is 610 g/mol. The van der Waals surface area contributed by atoms with Crippen LogP contribution in [0.3, 0.4) is 0 Å². The number of nitrogens with zero attached hydrogens (tertiary/aromatic N) is 7. The number of aliphatic hydroxyl groups excluding tert-OH is 1. The number of likely N-dealkylation sites (tertiary alicyclic amines) is 1. The van der Waals surface area contributed by atoms with Gasteiger partial charge in [0.15, 0.2) is 17.8 Å². The van der Waals surface area contributed by atoms with E-state index in [1.165, 1.54) is 35.3 Å². The lowest BCUT2D eigenvalue weighted by Gasteiger charge is -2.27. The fourth-order valence-corrected chi connectivity index (χ4v) is 4.98. The van der Waals surface area contributed by atoms with Crippen LogP contribution in [0, 0.1) is 0 Å². The first kappa shape index (κ1) is 28.8. The van der Waals surface area contributed by atoms with Crippen molar-refractivity contribution in [3.05, 3.63) is 80.7 Å². The van der Waals surface area contributed by atoms with Crippen molar-refractivity contribution in [1.82, 2.24) is 34.0 Å². The number of alkyl halides is 3. The summed E-state index contributed by atoms with van der Waals surface area (Å²) in [6, 6.07) is 10.9. The molecule has 4 aromatic rings. The molecular weight excluding hydrogens is 586 g/mol. The second-order valence-corrected chi connectivity index (χ2v) is 10.4. The van der Waals surface area contributed by atoms with E-state index < -0.39 is 24.5 Å². The van der Waals surface area contributed by atoms with E-state index in [0.717, 1.165) is 28.5 Å². The summed E-state index contributed by atoms with van der Waals surface area (Å²) in [5, 5.41) is 18.9. The summed E-state index contributed by atoms with van der Waals surface area (Å²) >= 11 is 12.4. The molecule has 0 aliphatic carbocycles. The number of rotatable bonds is 7. The van der Waals surface area contributed by atoms with Gasteiger partial charge in [0.1, 0.15) is 12.9 Å². The number of para-hydroxylation sites is 1. The SMILES string of the molecule is O=C(c1cccc(Cl)c1-n1cnc(Cn2nc(-c3ccc(Cl)cc3)n(C[C@@H](O)C(F)(F)F)c2=O)n1)N1CCCCC1. The van der Waals surface area contributed by atoms with Gasteiger partial charge >= 0.3 is 11.9 Å². The highest BCUT2D eigenvalue weighted by molar-refractivity contribution is 6.33. The molecular formula is C26H24Cl2F3N7O3. The third kappa shape index (κ3) is 6.16. The number of amides is 1. The Balaban J connectivity index is 1.48. The normalized spacial score (nSPS) is 14.8.